The van der Waals surface area contributed by atoms with Crippen LogP contribution in [0.2, 0.25) is 0 Å². The number of carbonyl (C=O) groups is 1. The fourth-order valence-electron chi connectivity index (χ4n) is 4.03. The summed E-state index contributed by atoms with van der Waals surface area (Å²) in [4.78, 5) is 12.0. The van der Waals surface area contributed by atoms with Gasteiger partial charge in [0.1, 0.15) is 0 Å². The van der Waals surface area contributed by atoms with Crippen molar-refractivity contribution < 1.29 is 9.53 Å². The Bertz CT molecular complexity index is 1060. The second-order valence-electron chi connectivity index (χ2n) is 7.08. The van der Waals surface area contributed by atoms with Crippen molar-refractivity contribution in [2.24, 2.45) is 0 Å². The molecule has 0 fully saturated rings. The number of hydrogen-bond donors (Lipinski definition) is 0. The maximum atomic E-state index is 12.0. The van der Waals surface area contributed by atoms with Gasteiger partial charge in [-0.05, 0) is 0 Å². The van der Waals surface area contributed by atoms with E-state index in [9.17, 15) is 4.79 Å². The average Bonchev–Trinajstić information content (AvgIpc) is 2.80. The van der Waals surface area contributed by atoms with Crippen LogP contribution in [0.3, 0.4) is 0 Å². The average molecular weight is 433 g/mol. The van der Waals surface area contributed by atoms with E-state index in [4.69, 9.17) is 16.0 Å². The minimum atomic E-state index is -3.74. The van der Waals surface area contributed by atoms with E-state index in [0.717, 1.165) is 21.2 Å². The molecule has 0 amide bonds. The first-order valence-electron chi connectivity index (χ1n) is 9.74. The van der Waals surface area contributed by atoms with Crippen molar-refractivity contribution in [3.8, 4) is 5.75 Å². The molecule has 0 aliphatic carbocycles. The Morgan fingerprint density at radius 3 is 1.40 bits per heavy atom. The van der Waals surface area contributed by atoms with E-state index >= 15 is 0 Å². The van der Waals surface area contributed by atoms with E-state index in [2.05, 4.69) is 36.4 Å². The van der Waals surface area contributed by atoms with Crippen LogP contribution >= 0.6 is 17.2 Å². The van der Waals surface area contributed by atoms with Gasteiger partial charge in [-0.3, -0.25) is 0 Å². The van der Waals surface area contributed by atoms with Crippen LogP contribution in [0.25, 0.3) is 0 Å². The van der Waals surface area contributed by atoms with E-state index < -0.39 is 5.96 Å². The molecule has 4 aromatic rings. The first-order valence-corrected chi connectivity index (χ1v) is 12.9. The fraction of sp³-hybridized carbons (Fsp3) is 0.0385. The number of para-hydroxylation sites is 1. The van der Waals surface area contributed by atoms with Gasteiger partial charge in [0.15, 0.2) is 0 Å². The van der Waals surface area contributed by atoms with Crippen molar-refractivity contribution >= 4 is 44.4 Å². The Morgan fingerprint density at radius 2 is 1.00 bits per heavy atom. The van der Waals surface area contributed by atoms with Crippen molar-refractivity contribution in [1.29, 1.82) is 0 Å². The predicted octanol–water partition coefficient (Wildman–Crippen LogP) is 4.92. The van der Waals surface area contributed by atoms with Crippen LogP contribution < -0.4 is 26.0 Å². The molecule has 0 atom stereocenters. The zero-order valence-electron chi connectivity index (χ0n) is 16.6. The summed E-state index contributed by atoms with van der Waals surface area (Å²) < 4.78 is 5.69. The van der Waals surface area contributed by atoms with Gasteiger partial charge in [-0.1, -0.05) is 0 Å². The van der Waals surface area contributed by atoms with Crippen LogP contribution in [0.4, 0.5) is 0 Å². The Hall–Kier alpha value is -2.93. The number of hydrogen-bond acceptors (Lipinski definition) is 2. The van der Waals surface area contributed by atoms with Crippen molar-refractivity contribution in [3.05, 3.63) is 115 Å². The van der Waals surface area contributed by atoms with Gasteiger partial charge in [-0.15, -0.1) is 0 Å². The summed E-state index contributed by atoms with van der Waals surface area (Å²) in [7, 11) is 0. The molecule has 0 saturated heterocycles. The van der Waals surface area contributed by atoms with Gasteiger partial charge in [0.25, 0.3) is 0 Å². The molecule has 0 aliphatic rings. The van der Waals surface area contributed by atoms with Gasteiger partial charge in [0.05, 0.1) is 0 Å². The van der Waals surface area contributed by atoms with Crippen LogP contribution in [0.15, 0.2) is 115 Å². The molecule has 0 bridgehead atoms. The Balaban J connectivity index is 2.24. The third-order valence-electron chi connectivity index (χ3n) is 5.29. The first kappa shape index (κ1) is 20.3. The molecule has 0 spiro atoms. The van der Waals surface area contributed by atoms with Gasteiger partial charge in [-0.2, -0.15) is 0 Å². The molecule has 4 rings (SSSR count). The van der Waals surface area contributed by atoms with E-state index in [1.54, 1.807) is 0 Å². The fourth-order valence-corrected chi connectivity index (χ4v) is 10.3. The summed E-state index contributed by atoms with van der Waals surface area (Å²) in [5.41, 5.74) is 0. The minimum absolute atomic E-state index is 0.377. The molecule has 0 aromatic heterocycles. The number of esters is 1. The third kappa shape index (κ3) is 3.13. The Morgan fingerprint density at radius 1 is 0.633 bits per heavy atom. The van der Waals surface area contributed by atoms with Crippen LogP contribution in [-0.4, -0.2) is 5.97 Å². The van der Waals surface area contributed by atoms with Crippen molar-refractivity contribution in [3.63, 3.8) is 0 Å². The summed E-state index contributed by atoms with van der Waals surface area (Å²) in [6.07, 6.45) is 0. The number of carbonyl (C=O) groups excluding carboxylic acids is 1. The second-order valence-corrected chi connectivity index (χ2v) is 13.2. The van der Waals surface area contributed by atoms with Gasteiger partial charge in [0.2, 0.25) is 0 Å². The molecule has 0 heterocycles. The monoisotopic (exact) mass is 432 g/mol. The molecule has 4 heteroatoms. The van der Waals surface area contributed by atoms with Crippen LogP contribution in [0.5, 0.6) is 5.75 Å². The molecule has 0 radical (unpaired) electrons. The second kappa shape index (κ2) is 8.07. The SMILES string of the molecule is CC(=O)Oc1ccccc1P(Cl)(c1ccccc1)(c1ccccc1)c1ccccc1. The Labute approximate surface area is 181 Å². The number of ether oxygens (including phenoxy) is 1. The van der Waals surface area contributed by atoms with Gasteiger partial charge in [0, 0.05) is 0 Å². The van der Waals surface area contributed by atoms with Crippen LogP contribution in [-0.2, 0) is 4.79 Å². The standard InChI is InChI=1S/C26H22ClO2P/c1-21(28)29-25-19-11-12-20-26(25)30(27,22-13-5-2-6-14-22,23-15-7-3-8-16-23)24-17-9-4-10-18-24/h2-20H,1H3. The third-order valence-corrected chi connectivity index (χ3v) is 12.7. The van der Waals surface area contributed by atoms with Gasteiger partial charge < -0.3 is 0 Å². The number of halogens is 1. The Kier molecular flexibility index (Phi) is 5.47. The maximum absolute atomic E-state index is 12.0. The first-order chi connectivity index (χ1) is 14.6. The zero-order valence-corrected chi connectivity index (χ0v) is 18.3. The van der Waals surface area contributed by atoms with Crippen LogP contribution in [0, 0.1) is 0 Å². The van der Waals surface area contributed by atoms with Crippen molar-refractivity contribution in [2.75, 3.05) is 0 Å². The summed E-state index contributed by atoms with van der Waals surface area (Å²) in [5, 5.41) is 3.77. The van der Waals surface area contributed by atoms with E-state index in [-0.39, 0.29) is 5.97 Å². The molecular formula is C26H22ClO2P. The van der Waals surface area contributed by atoms with Gasteiger partial charge in [-0.25, -0.2) is 0 Å². The molecule has 0 aliphatic heterocycles. The zero-order chi connectivity index (χ0) is 21.1. The number of rotatable bonds is 5. The van der Waals surface area contributed by atoms with Crippen molar-refractivity contribution in [2.45, 2.75) is 6.92 Å². The summed E-state index contributed by atoms with van der Waals surface area (Å²) in [6, 6.07) is 37.9. The van der Waals surface area contributed by atoms with Crippen LogP contribution in [0.1, 0.15) is 6.92 Å². The van der Waals surface area contributed by atoms with E-state index in [1.165, 1.54) is 6.92 Å². The molecule has 4 aromatic carbocycles. The quantitative estimate of drug-likeness (QED) is 0.254. The normalized spacial score (nSPS) is 12.5. The molecule has 150 valence electrons. The molecular weight excluding hydrogens is 411 g/mol. The molecule has 0 unspecified atom stereocenters. The molecule has 0 saturated carbocycles. The summed E-state index contributed by atoms with van der Waals surface area (Å²) in [6.45, 7) is 1.41. The summed E-state index contributed by atoms with van der Waals surface area (Å²) in [5.74, 6) is -3.64. The predicted molar refractivity (Wildman–Crippen MR) is 128 cm³/mol. The van der Waals surface area contributed by atoms with Gasteiger partial charge >= 0.3 is 182 Å². The molecule has 30 heavy (non-hydrogen) atoms. The summed E-state index contributed by atoms with van der Waals surface area (Å²) >= 11 is 8.13. The van der Waals surface area contributed by atoms with E-state index in [1.807, 2.05) is 78.9 Å². The van der Waals surface area contributed by atoms with Crippen molar-refractivity contribution in [1.82, 2.24) is 0 Å². The van der Waals surface area contributed by atoms with E-state index in [0.29, 0.717) is 5.75 Å². The molecule has 0 N–H and O–H groups in total. The number of benzene rings is 4. The topological polar surface area (TPSA) is 26.3 Å². The molecule has 2 nitrogen and oxygen atoms in total.